The minimum absolute atomic E-state index is 0.0377. The maximum absolute atomic E-state index is 10.2. The van der Waals surface area contributed by atoms with E-state index >= 15 is 0 Å². The molecule has 2 aromatic rings. The van der Waals surface area contributed by atoms with E-state index in [0.29, 0.717) is 6.04 Å². The van der Waals surface area contributed by atoms with E-state index in [0.717, 1.165) is 19.4 Å². The first-order valence-electron chi connectivity index (χ1n) is 8.98. The van der Waals surface area contributed by atoms with Gasteiger partial charge in [-0.3, -0.25) is 0 Å². The second-order valence-corrected chi connectivity index (χ2v) is 7.79. The molecule has 3 rings (SSSR count). The van der Waals surface area contributed by atoms with Gasteiger partial charge in [0.2, 0.25) is 0 Å². The second-order valence-electron chi connectivity index (χ2n) is 7.79. The van der Waals surface area contributed by atoms with Crippen molar-refractivity contribution in [3.63, 3.8) is 0 Å². The van der Waals surface area contributed by atoms with Crippen molar-refractivity contribution < 1.29 is 5.11 Å². The summed E-state index contributed by atoms with van der Waals surface area (Å²) in [5.41, 5.74) is 3.95. The minimum atomic E-state index is -0.141. The van der Waals surface area contributed by atoms with Crippen LogP contribution in [0, 0.1) is 0 Å². The Labute approximate surface area is 145 Å². The van der Waals surface area contributed by atoms with E-state index in [2.05, 4.69) is 80.7 Å². The summed E-state index contributed by atoms with van der Waals surface area (Å²) in [5.74, 6) is 0. The van der Waals surface area contributed by atoms with Crippen LogP contribution in [0.25, 0.3) is 0 Å². The van der Waals surface area contributed by atoms with Crippen LogP contribution in [0.1, 0.15) is 43.9 Å². The van der Waals surface area contributed by atoms with Crippen LogP contribution in [0.2, 0.25) is 0 Å². The summed E-state index contributed by atoms with van der Waals surface area (Å²) >= 11 is 0. The van der Waals surface area contributed by atoms with Gasteiger partial charge in [0.1, 0.15) is 0 Å². The average molecular weight is 323 g/mol. The second kappa shape index (κ2) is 6.70. The summed E-state index contributed by atoms with van der Waals surface area (Å²) in [5, 5.41) is 13.9. The molecule has 0 heterocycles. The number of hydrogen-bond donors (Lipinski definition) is 2. The number of aliphatic hydroxyl groups is 1. The fourth-order valence-electron chi connectivity index (χ4n) is 3.89. The Morgan fingerprint density at radius 1 is 1.08 bits per heavy atom. The Morgan fingerprint density at radius 3 is 2.46 bits per heavy atom. The topological polar surface area (TPSA) is 32.3 Å². The van der Waals surface area contributed by atoms with Crippen molar-refractivity contribution in [1.29, 1.82) is 0 Å². The van der Waals surface area contributed by atoms with Gasteiger partial charge in [0.25, 0.3) is 0 Å². The Bertz CT molecular complexity index is 679. The third-order valence-electron chi connectivity index (χ3n) is 6.11. The molecule has 1 aliphatic rings. The molecular formula is C22H29NO. The van der Waals surface area contributed by atoms with Crippen LogP contribution in [0.5, 0.6) is 0 Å². The van der Waals surface area contributed by atoms with Gasteiger partial charge in [0.15, 0.2) is 0 Å². The van der Waals surface area contributed by atoms with Crippen molar-refractivity contribution in [1.82, 2.24) is 5.32 Å². The maximum atomic E-state index is 10.2. The summed E-state index contributed by atoms with van der Waals surface area (Å²) in [6, 6.07) is 19.6. The zero-order valence-corrected chi connectivity index (χ0v) is 15.0. The molecule has 0 bridgehead atoms. The van der Waals surface area contributed by atoms with Crippen molar-refractivity contribution in [2.45, 2.75) is 50.5 Å². The van der Waals surface area contributed by atoms with Gasteiger partial charge in [0.05, 0.1) is 6.61 Å². The van der Waals surface area contributed by atoms with E-state index in [9.17, 15) is 5.11 Å². The van der Waals surface area contributed by atoms with Gasteiger partial charge in [-0.05, 0) is 36.5 Å². The van der Waals surface area contributed by atoms with Crippen LogP contribution in [0.4, 0.5) is 0 Å². The van der Waals surface area contributed by atoms with Crippen LogP contribution in [0.15, 0.2) is 54.6 Å². The number of fused-ring (bicyclic) bond motifs is 1. The summed E-state index contributed by atoms with van der Waals surface area (Å²) in [6.07, 6.45) is 2.09. The lowest BCUT2D eigenvalue weighted by atomic mass is 9.77. The Kier molecular flexibility index (Phi) is 4.80. The number of nitrogens with one attached hydrogen (secondary N) is 1. The van der Waals surface area contributed by atoms with Gasteiger partial charge in [-0.15, -0.1) is 0 Å². The van der Waals surface area contributed by atoms with Crippen molar-refractivity contribution in [2.75, 3.05) is 13.2 Å². The highest BCUT2D eigenvalue weighted by Gasteiger charge is 2.39. The molecule has 128 valence electrons. The number of benzene rings is 2. The highest BCUT2D eigenvalue weighted by Crippen LogP contribution is 2.38. The van der Waals surface area contributed by atoms with Gasteiger partial charge < -0.3 is 10.4 Å². The van der Waals surface area contributed by atoms with Crippen LogP contribution in [-0.2, 0) is 17.3 Å². The molecule has 0 saturated heterocycles. The van der Waals surface area contributed by atoms with Crippen LogP contribution in [0.3, 0.4) is 0 Å². The highest BCUT2D eigenvalue weighted by atomic mass is 16.3. The molecule has 2 N–H and O–H groups in total. The van der Waals surface area contributed by atoms with Crippen molar-refractivity contribution in [3.8, 4) is 0 Å². The van der Waals surface area contributed by atoms with Gasteiger partial charge in [-0.1, -0.05) is 68.4 Å². The number of aryl methyl sites for hydroxylation is 1. The molecule has 0 aliphatic heterocycles. The Hall–Kier alpha value is -1.64. The van der Waals surface area contributed by atoms with E-state index in [1.54, 1.807) is 0 Å². The lowest BCUT2D eigenvalue weighted by Crippen LogP contribution is -2.49. The van der Waals surface area contributed by atoms with E-state index in [1.807, 2.05) is 0 Å². The molecule has 0 aromatic heterocycles. The molecule has 2 heteroatoms. The molecule has 0 spiro atoms. The summed E-state index contributed by atoms with van der Waals surface area (Å²) in [6.45, 7) is 7.84. The first-order chi connectivity index (χ1) is 11.5. The lowest BCUT2D eigenvalue weighted by molar-refractivity contribution is 0.179. The number of hydrogen-bond acceptors (Lipinski definition) is 2. The Balaban J connectivity index is 1.75. The van der Waals surface area contributed by atoms with Crippen molar-refractivity contribution in [3.05, 3.63) is 71.3 Å². The van der Waals surface area contributed by atoms with E-state index in [4.69, 9.17) is 0 Å². The Morgan fingerprint density at radius 2 is 1.75 bits per heavy atom. The van der Waals surface area contributed by atoms with Gasteiger partial charge >= 0.3 is 0 Å². The smallest absolute Gasteiger partial charge is 0.0540 e. The molecule has 0 saturated carbocycles. The van der Waals surface area contributed by atoms with E-state index in [-0.39, 0.29) is 17.4 Å². The lowest BCUT2D eigenvalue weighted by Gasteiger charge is -2.37. The molecule has 2 atom stereocenters. The molecule has 2 unspecified atom stereocenters. The maximum Gasteiger partial charge on any atom is 0.0540 e. The molecule has 24 heavy (non-hydrogen) atoms. The third-order valence-corrected chi connectivity index (χ3v) is 6.11. The predicted molar refractivity (Wildman–Crippen MR) is 100 cm³/mol. The van der Waals surface area contributed by atoms with Crippen molar-refractivity contribution >= 4 is 0 Å². The molecular weight excluding hydrogens is 294 g/mol. The summed E-state index contributed by atoms with van der Waals surface area (Å²) < 4.78 is 0. The molecule has 2 aromatic carbocycles. The van der Waals surface area contributed by atoms with E-state index < -0.39 is 0 Å². The molecule has 0 fully saturated rings. The molecule has 0 amide bonds. The zero-order valence-electron chi connectivity index (χ0n) is 15.0. The van der Waals surface area contributed by atoms with Gasteiger partial charge in [-0.25, -0.2) is 0 Å². The monoisotopic (exact) mass is 323 g/mol. The molecule has 2 nitrogen and oxygen atoms in total. The quantitative estimate of drug-likeness (QED) is 0.847. The third kappa shape index (κ3) is 3.01. The van der Waals surface area contributed by atoms with Gasteiger partial charge in [-0.2, -0.15) is 0 Å². The number of aliphatic hydroxyl groups excluding tert-OH is 1. The van der Waals surface area contributed by atoms with E-state index in [1.165, 1.54) is 16.7 Å². The van der Waals surface area contributed by atoms with Crippen LogP contribution >= 0.6 is 0 Å². The van der Waals surface area contributed by atoms with Crippen molar-refractivity contribution in [2.24, 2.45) is 0 Å². The molecule has 0 radical (unpaired) electrons. The number of rotatable bonds is 6. The van der Waals surface area contributed by atoms with Crippen LogP contribution < -0.4 is 5.32 Å². The fraction of sp³-hybridized carbons (Fsp3) is 0.455. The zero-order chi connectivity index (χ0) is 17.2. The summed E-state index contributed by atoms with van der Waals surface area (Å²) in [4.78, 5) is 0. The predicted octanol–water partition coefficient (Wildman–Crippen LogP) is 3.82. The summed E-state index contributed by atoms with van der Waals surface area (Å²) in [7, 11) is 0. The largest absolute Gasteiger partial charge is 0.395 e. The highest BCUT2D eigenvalue weighted by molar-refractivity contribution is 5.40. The van der Waals surface area contributed by atoms with Gasteiger partial charge in [0, 0.05) is 23.4 Å². The van der Waals surface area contributed by atoms with Crippen LogP contribution in [-0.4, -0.2) is 24.3 Å². The fourth-order valence-corrected chi connectivity index (χ4v) is 3.89. The first kappa shape index (κ1) is 17.2. The SMILES string of the molecule is CC(NCC1(CO)CCc2ccccc21)C(C)(C)c1ccccc1. The standard InChI is InChI=1S/C22H29NO/c1-17(21(2,3)19-10-5-4-6-11-19)23-15-22(16-24)14-13-18-9-7-8-12-20(18)22/h4-12,17,23-24H,13-16H2,1-3H3. The minimum Gasteiger partial charge on any atom is -0.395 e. The molecule has 1 aliphatic carbocycles. The first-order valence-corrected chi connectivity index (χ1v) is 8.98. The normalized spacial score (nSPS) is 21.5. The average Bonchev–Trinajstić information content (AvgIpc) is 3.00.